The maximum atomic E-state index is 11.7. The van der Waals surface area contributed by atoms with Gasteiger partial charge in [0.25, 0.3) is 0 Å². The highest BCUT2D eigenvalue weighted by atomic mass is 16.5. The van der Waals surface area contributed by atoms with Crippen molar-refractivity contribution in [1.29, 1.82) is 0 Å². The predicted octanol–water partition coefficient (Wildman–Crippen LogP) is 1.59. The Kier molecular flexibility index (Phi) is 5.36. The summed E-state index contributed by atoms with van der Waals surface area (Å²) in [6.45, 7) is 5.56. The van der Waals surface area contributed by atoms with Gasteiger partial charge in [0, 0.05) is 19.6 Å². The molecular formula is C15H22N2O2. The molecule has 1 heterocycles. The van der Waals surface area contributed by atoms with Gasteiger partial charge in [-0.1, -0.05) is 37.3 Å². The SMILES string of the molecule is CCCNC(=O)CN1CCO[C@@H](c2ccccc2)C1. The summed E-state index contributed by atoms with van der Waals surface area (Å²) in [6, 6.07) is 10.2. The van der Waals surface area contributed by atoms with E-state index in [9.17, 15) is 4.79 Å². The lowest BCUT2D eigenvalue weighted by molar-refractivity contribution is -0.124. The molecule has 1 saturated heterocycles. The molecule has 2 rings (SSSR count). The zero-order valence-electron chi connectivity index (χ0n) is 11.5. The maximum absolute atomic E-state index is 11.7. The fraction of sp³-hybridized carbons (Fsp3) is 0.533. The largest absolute Gasteiger partial charge is 0.371 e. The average Bonchev–Trinajstić information content (AvgIpc) is 2.46. The van der Waals surface area contributed by atoms with Crippen molar-refractivity contribution >= 4 is 5.91 Å². The first-order valence-electron chi connectivity index (χ1n) is 6.95. The smallest absolute Gasteiger partial charge is 0.234 e. The van der Waals surface area contributed by atoms with Gasteiger partial charge in [0.15, 0.2) is 0 Å². The van der Waals surface area contributed by atoms with E-state index in [0.29, 0.717) is 13.2 Å². The van der Waals surface area contributed by atoms with E-state index >= 15 is 0 Å². The molecule has 1 aromatic carbocycles. The number of benzene rings is 1. The minimum absolute atomic E-state index is 0.0777. The van der Waals surface area contributed by atoms with Crippen LogP contribution in [0.15, 0.2) is 30.3 Å². The van der Waals surface area contributed by atoms with E-state index in [2.05, 4.69) is 29.3 Å². The molecule has 1 atom stereocenters. The molecule has 4 nitrogen and oxygen atoms in total. The number of hydrogen-bond donors (Lipinski definition) is 1. The van der Waals surface area contributed by atoms with Crippen LogP contribution in [0.4, 0.5) is 0 Å². The summed E-state index contributed by atoms with van der Waals surface area (Å²) in [7, 11) is 0. The van der Waals surface area contributed by atoms with Crippen molar-refractivity contribution in [1.82, 2.24) is 10.2 Å². The van der Waals surface area contributed by atoms with Gasteiger partial charge in [0.1, 0.15) is 0 Å². The normalized spacial score (nSPS) is 20.2. The molecule has 0 bridgehead atoms. The third-order valence-corrected chi connectivity index (χ3v) is 3.26. The van der Waals surface area contributed by atoms with Crippen molar-refractivity contribution in [3.8, 4) is 0 Å². The summed E-state index contributed by atoms with van der Waals surface area (Å²) in [4.78, 5) is 13.9. The number of rotatable bonds is 5. The molecule has 0 aromatic heterocycles. The Morgan fingerprint density at radius 1 is 1.42 bits per heavy atom. The van der Waals surface area contributed by atoms with Gasteiger partial charge >= 0.3 is 0 Å². The fourth-order valence-corrected chi connectivity index (χ4v) is 2.24. The van der Waals surface area contributed by atoms with E-state index in [4.69, 9.17) is 4.74 Å². The summed E-state index contributed by atoms with van der Waals surface area (Å²) in [5.41, 5.74) is 1.18. The second kappa shape index (κ2) is 7.26. The molecule has 0 unspecified atom stereocenters. The molecular weight excluding hydrogens is 240 g/mol. The van der Waals surface area contributed by atoms with Gasteiger partial charge in [-0.3, -0.25) is 9.69 Å². The Morgan fingerprint density at radius 3 is 2.95 bits per heavy atom. The Bertz CT molecular complexity index is 394. The van der Waals surface area contributed by atoms with E-state index in [-0.39, 0.29) is 12.0 Å². The van der Waals surface area contributed by atoms with Gasteiger partial charge in [0.2, 0.25) is 5.91 Å². The van der Waals surface area contributed by atoms with Crippen LogP contribution in [0.1, 0.15) is 25.0 Å². The summed E-state index contributed by atoms with van der Waals surface area (Å²) in [5.74, 6) is 0.107. The summed E-state index contributed by atoms with van der Waals surface area (Å²) >= 11 is 0. The van der Waals surface area contributed by atoms with Crippen LogP contribution >= 0.6 is 0 Å². The van der Waals surface area contributed by atoms with Crippen molar-refractivity contribution in [2.24, 2.45) is 0 Å². The van der Waals surface area contributed by atoms with Crippen LogP contribution in [0.25, 0.3) is 0 Å². The summed E-state index contributed by atoms with van der Waals surface area (Å²) in [6.07, 6.45) is 1.05. The molecule has 104 valence electrons. The second-order valence-electron chi connectivity index (χ2n) is 4.86. The molecule has 1 aliphatic heterocycles. The van der Waals surface area contributed by atoms with E-state index in [1.807, 2.05) is 18.2 Å². The monoisotopic (exact) mass is 262 g/mol. The zero-order valence-corrected chi connectivity index (χ0v) is 11.5. The van der Waals surface area contributed by atoms with Crippen molar-refractivity contribution in [2.75, 3.05) is 32.8 Å². The fourth-order valence-electron chi connectivity index (χ4n) is 2.24. The van der Waals surface area contributed by atoms with E-state index in [1.54, 1.807) is 0 Å². The molecule has 1 aromatic rings. The van der Waals surface area contributed by atoms with Gasteiger partial charge in [0.05, 0.1) is 19.3 Å². The van der Waals surface area contributed by atoms with E-state index < -0.39 is 0 Å². The molecule has 0 radical (unpaired) electrons. The lowest BCUT2D eigenvalue weighted by atomic mass is 10.1. The van der Waals surface area contributed by atoms with Crippen molar-refractivity contribution < 1.29 is 9.53 Å². The Morgan fingerprint density at radius 2 is 2.21 bits per heavy atom. The van der Waals surface area contributed by atoms with Crippen molar-refractivity contribution in [3.05, 3.63) is 35.9 Å². The third-order valence-electron chi connectivity index (χ3n) is 3.26. The first-order chi connectivity index (χ1) is 9.29. The van der Waals surface area contributed by atoms with Crippen LogP contribution < -0.4 is 5.32 Å². The van der Waals surface area contributed by atoms with Gasteiger partial charge in [-0.15, -0.1) is 0 Å². The van der Waals surface area contributed by atoms with E-state index in [0.717, 1.165) is 26.1 Å². The van der Waals surface area contributed by atoms with Gasteiger partial charge in [-0.25, -0.2) is 0 Å². The van der Waals surface area contributed by atoms with Crippen molar-refractivity contribution in [2.45, 2.75) is 19.4 Å². The molecule has 0 saturated carbocycles. The van der Waals surface area contributed by atoms with Crippen LogP contribution in [0, 0.1) is 0 Å². The van der Waals surface area contributed by atoms with Crippen LogP contribution in [-0.4, -0.2) is 43.6 Å². The molecule has 1 fully saturated rings. The average molecular weight is 262 g/mol. The first-order valence-corrected chi connectivity index (χ1v) is 6.95. The number of ether oxygens (including phenoxy) is 1. The molecule has 4 heteroatoms. The third kappa shape index (κ3) is 4.33. The number of morpholine rings is 1. The zero-order chi connectivity index (χ0) is 13.5. The number of nitrogens with one attached hydrogen (secondary N) is 1. The quantitative estimate of drug-likeness (QED) is 0.876. The predicted molar refractivity (Wildman–Crippen MR) is 74.9 cm³/mol. The molecule has 19 heavy (non-hydrogen) atoms. The van der Waals surface area contributed by atoms with E-state index in [1.165, 1.54) is 5.56 Å². The van der Waals surface area contributed by atoms with Gasteiger partial charge in [-0.05, 0) is 12.0 Å². The number of amides is 1. The standard InChI is InChI=1S/C15H22N2O2/c1-2-8-16-15(18)12-17-9-10-19-14(11-17)13-6-4-3-5-7-13/h3-7,14H,2,8-12H2,1H3,(H,16,18)/t14-/m1/s1. The number of carbonyl (C=O) groups excluding carboxylic acids is 1. The molecule has 1 N–H and O–H groups in total. The van der Waals surface area contributed by atoms with Crippen LogP contribution in [0.3, 0.4) is 0 Å². The number of hydrogen-bond acceptors (Lipinski definition) is 3. The van der Waals surface area contributed by atoms with Crippen LogP contribution in [0.2, 0.25) is 0 Å². The van der Waals surface area contributed by atoms with Crippen LogP contribution in [0.5, 0.6) is 0 Å². The molecule has 0 spiro atoms. The minimum Gasteiger partial charge on any atom is -0.371 e. The highest BCUT2D eigenvalue weighted by Crippen LogP contribution is 2.21. The minimum atomic E-state index is 0.0777. The topological polar surface area (TPSA) is 41.6 Å². The Hall–Kier alpha value is -1.39. The lowest BCUT2D eigenvalue weighted by Gasteiger charge is -2.32. The van der Waals surface area contributed by atoms with Gasteiger partial charge in [-0.2, -0.15) is 0 Å². The molecule has 0 aliphatic carbocycles. The molecule has 1 amide bonds. The van der Waals surface area contributed by atoms with Crippen LogP contribution in [-0.2, 0) is 9.53 Å². The second-order valence-corrected chi connectivity index (χ2v) is 4.86. The maximum Gasteiger partial charge on any atom is 0.234 e. The Balaban J connectivity index is 1.85. The number of nitrogens with zero attached hydrogens (tertiary/aromatic N) is 1. The summed E-state index contributed by atoms with van der Waals surface area (Å²) < 4.78 is 5.78. The Labute approximate surface area is 114 Å². The van der Waals surface area contributed by atoms with Gasteiger partial charge < -0.3 is 10.1 Å². The molecule has 1 aliphatic rings. The lowest BCUT2D eigenvalue weighted by Crippen LogP contribution is -2.44. The highest BCUT2D eigenvalue weighted by molar-refractivity contribution is 5.77. The van der Waals surface area contributed by atoms with Crippen molar-refractivity contribution in [3.63, 3.8) is 0 Å². The highest BCUT2D eigenvalue weighted by Gasteiger charge is 2.22. The summed E-state index contributed by atoms with van der Waals surface area (Å²) in [5, 5.41) is 2.91. The number of carbonyl (C=O) groups is 1. The first kappa shape index (κ1) is 14.0.